The first-order chi connectivity index (χ1) is 6.72. The molecule has 4 nitrogen and oxygen atoms in total. The standard InChI is InChI=1S/C9H9ClN2O2/c1-5-3-8(12-13-5)9-7(4-10)6(2)11-14-9/h3H,4H2,1-2H3. The fourth-order valence-corrected chi connectivity index (χ4v) is 1.54. The highest BCUT2D eigenvalue weighted by atomic mass is 35.5. The maximum atomic E-state index is 5.78. The summed E-state index contributed by atoms with van der Waals surface area (Å²) in [6, 6.07) is 1.79. The molecule has 0 fully saturated rings. The van der Waals surface area contributed by atoms with E-state index in [-0.39, 0.29) is 0 Å². The van der Waals surface area contributed by atoms with Crippen molar-refractivity contribution in [2.45, 2.75) is 19.7 Å². The van der Waals surface area contributed by atoms with Gasteiger partial charge in [0.2, 0.25) is 0 Å². The Hall–Kier alpha value is -1.29. The predicted molar refractivity (Wildman–Crippen MR) is 51.0 cm³/mol. The van der Waals surface area contributed by atoms with Gasteiger partial charge in [-0.3, -0.25) is 0 Å². The van der Waals surface area contributed by atoms with Crippen LogP contribution in [-0.4, -0.2) is 10.3 Å². The first kappa shape index (κ1) is 9.27. The largest absolute Gasteiger partial charge is 0.361 e. The van der Waals surface area contributed by atoms with Crippen LogP contribution in [-0.2, 0) is 5.88 Å². The van der Waals surface area contributed by atoms with E-state index in [9.17, 15) is 0 Å². The van der Waals surface area contributed by atoms with Gasteiger partial charge < -0.3 is 9.05 Å². The van der Waals surface area contributed by atoms with Crippen LogP contribution in [0.5, 0.6) is 0 Å². The van der Waals surface area contributed by atoms with Crippen LogP contribution < -0.4 is 0 Å². The molecule has 2 heterocycles. The Kier molecular flexibility index (Phi) is 2.29. The molecule has 0 spiro atoms. The van der Waals surface area contributed by atoms with Gasteiger partial charge >= 0.3 is 0 Å². The Bertz CT molecular complexity index is 447. The molecule has 74 valence electrons. The van der Waals surface area contributed by atoms with E-state index in [4.69, 9.17) is 20.6 Å². The lowest BCUT2D eigenvalue weighted by atomic mass is 10.2. The van der Waals surface area contributed by atoms with Crippen molar-refractivity contribution in [3.8, 4) is 11.5 Å². The molecule has 0 N–H and O–H groups in total. The van der Waals surface area contributed by atoms with Crippen molar-refractivity contribution >= 4 is 11.6 Å². The zero-order valence-electron chi connectivity index (χ0n) is 7.87. The molecule has 0 bridgehead atoms. The van der Waals surface area contributed by atoms with E-state index in [1.165, 1.54) is 0 Å². The van der Waals surface area contributed by atoms with Gasteiger partial charge in [0.25, 0.3) is 0 Å². The van der Waals surface area contributed by atoms with Gasteiger partial charge in [-0.2, -0.15) is 0 Å². The van der Waals surface area contributed by atoms with Crippen LogP contribution in [0.3, 0.4) is 0 Å². The quantitative estimate of drug-likeness (QED) is 0.719. The molecule has 2 aromatic heterocycles. The molecule has 0 aliphatic carbocycles. The lowest BCUT2D eigenvalue weighted by molar-refractivity contribution is 0.390. The van der Waals surface area contributed by atoms with Gasteiger partial charge in [-0.05, 0) is 13.8 Å². The average Bonchev–Trinajstić information content (AvgIpc) is 2.71. The van der Waals surface area contributed by atoms with Gasteiger partial charge in [-0.25, -0.2) is 0 Å². The van der Waals surface area contributed by atoms with Crippen molar-refractivity contribution in [1.29, 1.82) is 0 Å². The Morgan fingerprint density at radius 1 is 1.29 bits per heavy atom. The fraction of sp³-hybridized carbons (Fsp3) is 0.333. The molecule has 0 saturated heterocycles. The second-order valence-electron chi connectivity index (χ2n) is 3.03. The number of halogens is 1. The van der Waals surface area contributed by atoms with E-state index in [0.29, 0.717) is 17.3 Å². The number of aromatic nitrogens is 2. The number of aryl methyl sites for hydroxylation is 2. The summed E-state index contributed by atoms with van der Waals surface area (Å²) < 4.78 is 10.1. The molecule has 0 radical (unpaired) electrons. The van der Waals surface area contributed by atoms with Crippen molar-refractivity contribution in [2.24, 2.45) is 0 Å². The third kappa shape index (κ3) is 1.42. The summed E-state index contributed by atoms with van der Waals surface area (Å²) in [5.41, 5.74) is 2.29. The zero-order valence-corrected chi connectivity index (χ0v) is 8.63. The van der Waals surface area contributed by atoms with E-state index in [1.807, 2.05) is 13.8 Å². The zero-order chi connectivity index (χ0) is 10.1. The average molecular weight is 213 g/mol. The van der Waals surface area contributed by atoms with Crippen LogP contribution in [0, 0.1) is 13.8 Å². The van der Waals surface area contributed by atoms with Crippen LogP contribution in [0.25, 0.3) is 11.5 Å². The van der Waals surface area contributed by atoms with Crippen LogP contribution in [0.15, 0.2) is 15.1 Å². The first-order valence-corrected chi connectivity index (χ1v) is 4.70. The van der Waals surface area contributed by atoms with E-state index >= 15 is 0 Å². The number of hydrogen-bond donors (Lipinski definition) is 0. The summed E-state index contributed by atoms with van der Waals surface area (Å²) in [4.78, 5) is 0. The molecule has 14 heavy (non-hydrogen) atoms. The minimum absolute atomic E-state index is 0.358. The number of alkyl halides is 1. The lowest BCUT2D eigenvalue weighted by Gasteiger charge is -1.91. The predicted octanol–water partition coefficient (Wildman–Crippen LogP) is 2.69. The van der Waals surface area contributed by atoms with Gasteiger partial charge in [0, 0.05) is 11.6 Å². The van der Waals surface area contributed by atoms with Gasteiger partial charge in [0.05, 0.1) is 11.6 Å². The minimum atomic E-state index is 0.358. The van der Waals surface area contributed by atoms with Crippen LogP contribution in [0.2, 0.25) is 0 Å². The summed E-state index contributed by atoms with van der Waals surface area (Å²) in [7, 11) is 0. The van der Waals surface area contributed by atoms with Crippen molar-refractivity contribution in [3.05, 3.63) is 23.1 Å². The topological polar surface area (TPSA) is 52.1 Å². The van der Waals surface area contributed by atoms with E-state index in [1.54, 1.807) is 6.07 Å². The molecular formula is C9H9ClN2O2. The van der Waals surface area contributed by atoms with Crippen molar-refractivity contribution < 1.29 is 9.05 Å². The van der Waals surface area contributed by atoms with Crippen LogP contribution in [0.1, 0.15) is 17.0 Å². The molecular weight excluding hydrogens is 204 g/mol. The maximum absolute atomic E-state index is 5.78. The van der Waals surface area contributed by atoms with E-state index < -0.39 is 0 Å². The molecule has 0 amide bonds. The third-order valence-corrected chi connectivity index (χ3v) is 2.25. The minimum Gasteiger partial charge on any atom is -0.361 e. The molecule has 0 atom stereocenters. The molecule has 0 aliphatic heterocycles. The van der Waals surface area contributed by atoms with Crippen LogP contribution in [0.4, 0.5) is 0 Å². The molecule has 0 unspecified atom stereocenters. The summed E-state index contributed by atoms with van der Waals surface area (Å²) >= 11 is 5.78. The van der Waals surface area contributed by atoms with Crippen molar-refractivity contribution in [3.63, 3.8) is 0 Å². The molecule has 2 aromatic rings. The Morgan fingerprint density at radius 2 is 2.07 bits per heavy atom. The number of nitrogens with zero attached hydrogens (tertiary/aromatic N) is 2. The summed E-state index contributed by atoms with van der Waals surface area (Å²) in [6.45, 7) is 3.66. The maximum Gasteiger partial charge on any atom is 0.193 e. The molecule has 2 rings (SSSR count). The summed E-state index contributed by atoms with van der Waals surface area (Å²) in [6.07, 6.45) is 0. The fourth-order valence-electron chi connectivity index (χ4n) is 1.22. The molecule has 0 aliphatic rings. The summed E-state index contributed by atoms with van der Waals surface area (Å²) in [5.74, 6) is 1.68. The van der Waals surface area contributed by atoms with Gasteiger partial charge in [-0.1, -0.05) is 10.3 Å². The van der Waals surface area contributed by atoms with Gasteiger partial charge in [0.15, 0.2) is 11.5 Å². The Morgan fingerprint density at radius 3 is 2.64 bits per heavy atom. The highest BCUT2D eigenvalue weighted by Gasteiger charge is 2.16. The highest BCUT2D eigenvalue weighted by molar-refractivity contribution is 6.17. The Balaban J connectivity index is 2.51. The molecule has 5 heteroatoms. The van der Waals surface area contributed by atoms with Crippen molar-refractivity contribution in [2.75, 3.05) is 0 Å². The van der Waals surface area contributed by atoms with E-state index in [0.717, 1.165) is 17.0 Å². The Labute approximate surface area is 85.8 Å². The molecule has 0 saturated carbocycles. The highest BCUT2D eigenvalue weighted by Crippen LogP contribution is 2.26. The lowest BCUT2D eigenvalue weighted by Crippen LogP contribution is -1.83. The van der Waals surface area contributed by atoms with Crippen molar-refractivity contribution in [1.82, 2.24) is 10.3 Å². The smallest absolute Gasteiger partial charge is 0.193 e. The summed E-state index contributed by atoms with van der Waals surface area (Å²) in [5, 5.41) is 7.67. The van der Waals surface area contributed by atoms with Crippen LogP contribution >= 0.6 is 11.6 Å². The van der Waals surface area contributed by atoms with E-state index in [2.05, 4.69) is 10.3 Å². The second kappa shape index (κ2) is 3.46. The number of hydrogen-bond acceptors (Lipinski definition) is 4. The first-order valence-electron chi connectivity index (χ1n) is 4.17. The number of rotatable bonds is 2. The normalized spacial score (nSPS) is 10.8. The third-order valence-electron chi connectivity index (χ3n) is 1.98. The van der Waals surface area contributed by atoms with Gasteiger partial charge in [0.1, 0.15) is 5.76 Å². The molecule has 0 aromatic carbocycles. The SMILES string of the molecule is Cc1cc(-c2onc(C)c2CCl)no1. The van der Waals surface area contributed by atoms with Gasteiger partial charge in [-0.15, -0.1) is 11.6 Å². The monoisotopic (exact) mass is 212 g/mol. The second-order valence-corrected chi connectivity index (χ2v) is 3.30.